The summed E-state index contributed by atoms with van der Waals surface area (Å²) >= 11 is 0. The van der Waals surface area contributed by atoms with Crippen molar-refractivity contribution in [1.29, 1.82) is 0 Å². The van der Waals surface area contributed by atoms with Gasteiger partial charge >= 0.3 is 0 Å². The lowest BCUT2D eigenvalue weighted by molar-refractivity contribution is 0.164. The SMILES string of the molecule is CC#CCN1CCC(F)CC1. The van der Waals surface area contributed by atoms with Crippen LogP contribution >= 0.6 is 0 Å². The van der Waals surface area contributed by atoms with Crippen LogP contribution in [0, 0.1) is 11.8 Å². The molecule has 11 heavy (non-hydrogen) atoms. The lowest BCUT2D eigenvalue weighted by Crippen LogP contribution is -2.34. The molecule has 1 aliphatic heterocycles. The molecule has 1 fully saturated rings. The van der Waals surface area contributed by atoms with Crippen molar-refractivity contribution in [3.63, 3.8) is 0 Å². The summed E-state index contributed by atoms with van der Waals surface area (Å²) in [5.74, 6) is 5.83. The van der Waals surface area contributed by atoms with E-state index in [9.17, 15) is 4.39 Å². The molecule has 0 amide bonds. The van der Waals surface area contributed by atoms with E-state index >= 15 is 0 Å². The number of hydrogen-bond acceptors (Lipinski definition) is 1. The molecule has 2 heteroatoms. The summed E-state index contributed by atoms with van der Waals surface area (Å²) in [6.45, 7) is 4.39. The monoisotopic (exact) mass is 155 g/mol. The largest absolute Gasteiger partial charge is 0.292 e. The van der Waals surface area contributed by atoms with Gasteiger partial charge in [0.25, 0.3) is 0 Å². The Bertz CT molecular complexity index is 160. The number of nitrogens with zero attached hydrogens (tertiary/aromatic N) is 1. The fraction of sp³-hybridized carbons (Fsp3) is 0.778. The average Bonchev–Trinajstić information content (AvgIpc) is 2.04. The smallest absolute Gasteiger partial charge is 0.103 e. The van der Waals surface area contributed by atoms with Crippen molar-refractivity contribution < 1.29 is 4.39 Å². The third-order valence-electron chi connectivity index (χ3n) is 2.00. The summed E-state index contributed by atoms with van der Waals surface area (Å²) in [5, 5.41) is 0. The predicted molar refractivity (Wildman–Crippen MR) is 44.0 cm³/mol. The minimum Gasteiger partial charge on any atom is -0.292 e. The van der Waals surface area contributed by atoms with Crippen molar-refractivity contribution in [2.45, 2.75) is 25.9 Å². The molecular weight excluding hydrogens is 141 g/mol. The number of rotatable bonds is 1. The summed E-state index contributed by atoms with van der Waals surface area (Å²) in [4.78, 5) is 2.20. The lowest BCUT2D eigenvalue weighted by atomic mass is 10.1. The van der Waals surface area contributed by atoms with Crippen molar-refractivity contribution in [2.24, 2.45) is 0 Å². The highest BCUT2D eigenvalue weighted by Crippen LogP contribution is 2.11. The first-order chi connectivity index (χ1) is 5.33. The van der Waals surface area contributed by atoms with Crippen LogP contribution in [0.4, 0.5) is 4.39 Å². The molecule has 0 spiro atoms. The molecule has 1 aliphatic rings. The average molecular weight is 155 g/mol. The van der Waals surface area contributed by atoms with Crippen LogP contribution in [-0.4, -0.2) is 30.7 Å². The lowest BCUT2D eigenvalue weighted by Gasteiger charge is -2.26. The normalized spacial score (nSPS) is 20.9. The maximum atomic E-state index is 12.6. The first-order valence-corrected chi connectivity index (χ1v) is 4.09. The van der Waals surface area contributed by atoms with E-state index in [1.165, 1.54) is 0 Å². The van der Waals surface area contributed by atoms with Crippen LogP contribution in [0.5, 0.6) is 0 Å². The van der Waals surface area contributed by atoms with Gasteiger partial charge in [0.2, 0.25) is 0 Å². The van der Waals surface area contributed by atoms with E-state index in [-0.39, 0.29) is 0 Å². The Morgan fingerprint density at radius 3 is 2.64 bits per heavy atom. The van der Waals surface area contributed by atoms with E-state index in [4.69, 9.17) is 0 Å². The Balaban J connectivity index is 2.20. The van der Waals surface area contributed by atoms with Crippen LogP contribution in [0.25, 0.3) is 0 Å². The summed E-state index contributed by atoms with van der Waals surface area (Å²) in [5.41, 5.74) is 0. The van der Waals surface area contributed by atoms with Crippen molar-refractivity contribution in [1.82, 2.24) is 4.90 Å². The van der Waals surface area contributed by atoms with E-state index in [1.807, 2.05) is 6.92 Å². The van der Waals surface area contributed by atoms with Crippen LogP contribution in [0.15, 0.2) is 0 Å². The molecule has 0 bridgehead atoms. The van der Waals surface area contributed by atoms with Crippen LogP contribution in [0.1, 0.15) is 19.8 Å². The maximum Gasteiger partial charge on any atom is 0.103 e. The van der Waals surface area contributed by atoms with Gasteiger partial charge < -0.3 is 0 Å². The summed E-state index contributed by atoms with van der Waals surface area (Å²) < 4.78 is 12.6. The van der Waals surface area contributed by atoms with Gasteiger partial charge in [-0.15, -0.1) is 5.92 Å². The predicted octanol–water partition coefficient (Wildman–Crippen LogP) is 1.44. The standard InChI is InChI=1S/C9H14FN/c1-2-3-6-11-7-4-9(10)5-8-11/h9H,4-8H2,1H3. The van der Waals surface area contributed by atoms with Crippen LogP contribution in [-0.2, 0) is 0 Å². The van der Waals surface area contributed by atoms with Crippen LogP contribution < -0.4 is 0 Å². The second kappa shape index (κ2) is 4.35. The van der Waals surface area contributed by atoms with Gasteiger partial charge in [0.1, 0.15) is 6.17 Å². The number of likely N-dealkylation sites (tertiary alicyclic amines) is 1. The molecule has 0 aromatic heterocycles. The molecule has 0 N–H and O–H groups in total. The minimum atomic E-state index is -0.569. The molecule has 62 valence electrons. The molecule has 1 saturated heterocycles. The summed E-state index contributed by atoms with van der Waals surface area (Å²) in [6, 6.07) is 0. The zero-order valence-electron chi connectivity index (χ0n) is 6.94. The topological polar surface area (TPSA) is 3.24 Å². The molecule has 0 atom stereocenters. The molecule has 1 nitrogen and oxygen atoms in total. The van der Waals surface area contributed by atoms with E-state index in [1.54, 1.807) is 0 Å². The zero-order valence-corrected chi connectivity index (χ0v) is 6.94. The molecule has 1 heterocycles. The van der Waals surface area contributed by atoms with Gasteiger partial charge in [0, 0.05) is 13.1 Å². The molecule has 0 unspecified atom stereocenters. The second-order valence-corrected chi connectivity index (χ2v) is 2.88. The van der Waals surface area contributed by atoms with Crippen molar-refractivity contribution in [3.05, 3.63) is 0 Å². The Kier molecular flexibility index (Phi) is 3.38. The van der Waals surface area contributed by atoms with Crippen molar-refractivity contribution >= 4 is 0 Å². The highest BCUT2D eigenvalue weighted by Gasteiger charge is 2.16. The molecular formula is C9H14FN. The van der Waals surface area contributed by atoms with E-state index in [0.717, 1.165) is 19.6 Å². The highest BCUT2D eigenvalue weighted by molar-refractivity contribution is 4.98. The van der Waals surface area contributed by atoms with Gasteiger partial charge in [0.15, 0.2) is 0 Å². The third-order valence-corrected chi connectivity index (χ3v) is 2.00. The van der Waals surface area contributed by atoms with Crippen LogP contribution in [0.2, 0.25) is 0 Å². The molecule has 0 saturated carbocycles. The number of halogens is 1. The summed E-state index contributed by atoms with van der Waals surface area (Å²) in [7, 11) is 0. The zero-order chi connectivity index (χ0) is 8.10. The number of hydrogen-bond donors (Lipinski definition) is 0. The van der Waals surface area contributed by atoms with E-state index in [2.05, 4.69) is 16.7 Å². The van der Waals surface area contributed by atoms with Gasteiger partial charge in [-0.3, -0.25) is 4.90 Å². The van der Waals surface area contributed by atoms with Gasteiger partial charge in [-0.25, -0.2) is 4.39 Å². The number of piperidine rings is 1. The van der Waals surface area contributed by atoms with Crippen molar-refractivity contribution in [2.75, 3.05) is 19.6 Å². The van der Waals surface area contributed by atoms with E-state index < -0.39 is 6.17 Å². The van der Waals surface area contributed by atoms with Crippen LogP contribution in [0.3, 0.4) is 0 Å². The fourth-order valence-electron chi connectivity index (χ4n) is 1.25. The highest BCUT2D eigenvalue weighted by atomic mass is 19.1. The minimum absolute atomic E-state index is 0.569. The molecule has 0 aromatic carbocycles. The maximum absolute atomic E-state index is 12.6. The van der Waals surface area contributed by atoms with Crippen molar-refractivity contribution in [3.8, 4) is 11.8 Å². The quantitative estimate of drug-likeness (QED) is 0.518. The molecule has 1 rings (SSSR count). The second-order valence-electron chi connectivity index (χ2n) is 2.88. The first kappa shape index (κ1) is 8.55. The number of alkyl halides is 1. The Hall–Kier alpha value is -0.550. The fourth-order valence-corrected chi connectivity index (χ4v) is 1.25. The molecule has 0 aromatic rings. The first-order valence-electron chi connectivity index (χ1n) is 4.09. The third kappa shape index (κ3) is 2.90. The van der Waals surface area contributed by atoms with Gasteiger partial charge in [-0.2, -0.15) is 0 Å². The van der Waals surface area contributed by atoms with Gasteiger partial charge in [-0.1, -0.05) is 5.92 Å². The van der Waals surface area contributed by atoms with Gasteiger partial charge in [-0.05, 0) is 19.8 Å². The van der Waals surface area contributed by atoms with E-state index in [0.29, 0.717) is 12.8 Å². The summed E-state index contributed by atoms with van der Waals surface area (Å²) in [6.07, 6.45) is 0.803. The Morgan fingerprint density at radius 1 is 1.45 bits per heavy atom. The Morgan fingerprint density at radius 2 is 2.09 bits per heavy atom. The van der Waals surface area contributed by atoms with Gasteiger partial charge in [0.05, 0.1) is 6.54 Å². The molecule has 0 radical (unpaired) electrons. The molecule has 0 aliphatic carbocycles. The Labute approximate surface area is 67.6 Å².